The highest BCUT2D eigenvalue weighted by molar-refractivity contribution is 5.96. The Morgan fingerprint density at radius 2 is 2.10 bits per heavy atom. The number of anilines is 2. The quantitative estimate of drug-likeness (QED) is 0.655. The van der Waals surface area contributed by atoms with Gasteiger partial charge in [0, 0.05) is 17.9 Å². The summed E-state index contributed by atoms with van der Waals surface area (Å²) in [5.41, 5.74) is 7.94. The molecule has 0 bridgehead atoms. The zero-order chi connectivity index (χ0) is 15.2. The van der Waals surface area contributed by atoms with E-state index in [2.05, 4.69) is 5.32 Å². The van der Waals surface area contributed by atoms with Gasteiger partial charge < -0.3 is 15.8 Å². The number of hydrogen-bond donors (Lipinski definition) is 2. The average molecular weight is 288 g/mol. The zero-order valence-electron chi connectivity index (χ0n) is 11.7. The van der Waals surface area contributed by atoms with Crippen molar-refractivity contribution >= 4 is 17.3 Å². The number of halogens is 1. The van der Waals surface area contributed by atoms with Crippen LogP contribution in [0.2, 0.25) is 0 Å². The molecule has 0 atom stereocenters. The van der Waals surface area contributed by atoms with Crippen molar-refractivity contribution in [1.82, 2.24) is 0 Å². The van der Waals surface area contributed by atoms with Gasteiger partial charge in [0.1, 0.15) is 5.82 Å². The lowest BCUT2D eigenvalue weighted by Crippen LogP contribution is -2.10. The fourth-order valence-electron chi connectivity index (χ4n) is 1.94. The number of hydrogen-bond acceptors (Lipinski definition) is 4. The monoisotopic (exact) mass is 288 g/mol. The maximum absolute atomic E-state index is 13.1. The summed E-state index contributed by atoms with van der Waals surface area (Å²) < 4.78 is 18.1. The summed E-state index contributed by atoms with van der Waals surface area (Å²) in [7, 11) is 0. The highest BCUT2D eigenvalue weighted by Gasteiger charge is 2.13. The molecule has 0 saturated heterocycles. The van der Waals surface area contributed by atoms with Gasteiger partial charge in [0.25, 0.3) is 0 Å². The first-order chi connectivity index (χ1) is 10.1. The Balaban J connectivity index is 2.17. The highest BCUT2D eigenvalue weighted by atomic mass is 19.1. The Labute approximate surface area is 122 Å². The molecule has 0 spiro atoms. The van der Waals surface area contributed by atoms with Crippen LogP contribution in [0.3, 0.4) is 0 Å². The molecule has 0 unspecified atom stereocenters. The van der Waals surface area contributed by atoms with Gasteiger partial charge in [0.15, 0.2) is 0 Å². The first-order valence-corrected chi connectivity index (χ1v) is 6.65. The number of nitrogens with two attached hydrogens (primary N) is 1. The molecule has 0 aliphatic rings. The first kappa shape index (κ1) is 14.8. The molecule has 0 aromatic heterocycles. The van der Waals surface area contributed by atoms with Gasteiger partial charge in [-0.3, -0.25) is 0 Å². The molecule has 0 aliphatic heterocycles. The second kappa shape index (κ2) is 6.74. The van der Waals surface area contributed by atoms with E-state index in [1.165, 1.54) is 12.1 Å². The van der Waals surface area contributed by atoms with E-state index in [1.807, 2.05) is 0 Å². The lowest BCUT2D eigenvalue weighted by Gasteiger charge is -2.12. The minimum atomic E-state index is -0.438. The van der Waals surface area contributed by atoms with Gasteiger partial charge >= 0.3 is 5.97 Å². The van der Waals surface area contributed by atoms with Crippen molar-refractivity contribution < 1.29 is 13.9 Å². The third kappa shape index (κ3) is 3.95. The standard InChI is InChI=1S/C16H17FN2O2/c1-2-21-16(20)14-9-13(18)6-7-15(14)19-10-11-4-3-5-12(17)8-11/h3-9,19H,2,10,18H2,1H3. The summed E-state index contributed by atoms with van der Waals surface area (Å²) in [6.45, 7) is 2.43. The van der Waals surface area contributed by atoms with E-state index in [9.17, 15) is 9.18 Å². The zero-order valence-corrected chi connectivity index (χ0v) is 11.7. The summed E-state index contributed by atoms with van der Waals surface area (Å²) >= 11 is 0. The number of nitrogen functional groups attached to an aromatic ring is 1. The number of ether oxygens (including phenoxy) is 1. The predicted octanol–water partition coefficient (Wildman–Crippen LogP) is 3.20. The maximum Gasteiger partial charge on any atom is 0.340 e. The first-order valence-electron chi connectivity index (χ1n) is 6.65. The average Bonchev–Trinajstić information content (AvgIpc) is 2.46. The van der Waals surface area contributed by atoms with Crippen LogP contribution in [-0.4, -0.2) is 12.6 Å². The molecule has 2 rings (SSSR count). The predicted molar refractivity (Wildman–Crippen MR) is 80.5 cm³/mol. The number of carbonyl (C=O) groups is 1. The van der Waals surface area contributed by atoms with Gasteiger partial charge in [-0.1, -0.05) is 12.1 Å². The van der Waals surface area contributed by atoms with Crippen LogP contribution >= 0.6 is 0 Å². The lowest BCUT2D eigenvalue weighted by molar-refractivity contribution is 0.0527. The van der Waals surface area contributed by atoms with Crippen LogP contribution in [0.4, 0.5) is 15.8 Å². The largest absolute Gasteiger partial charge is 0.462 e. The SMILES string of the molecule is CCOC(=O)c1cc(N)ccc1NCc1cccc(F)c1. The van der Waals surface area contributed by atoms with Crippen molar-refractivity contribution in [3.63, 3.8) is 0 Å². The number of esters is 1. The molecule has 0 saturated carbocycles. The van der Waals surface area contributed by atoms with Crippen LogP contribution in [0.1, 0.15) is 22.8 Å². The molecule has 21 heavy (non-hydrogen) atoms. The molecule has 5 heteroatoms. The second-order valence-corrected chi connectivity index (χ2v) is 4.51. The van der Waals surface area contributed by atoms with E-state index < -0.39 is 5.97 Å². The number of benzene rings is 2. The highest BCUT2D eigenvalue weighted by Crippen LogP contribution is 2.21. The molecule has 2 aromatic rings. The van der Waals surface area contributed by atoms with Crippen molar-refractivity contribution in [3.05, 3.63) is 59.4 Å². The van der Waals surface area contributed by atoms with Crippen molar-refractivity contribution in [3.8, 4) is 0 Å². The van der Waals surface area contributed by atoms with Gasteiger partial charge in [0.05, 0.1) is 12.2 Å². The lowest BCUT2D eigenvalue weighted by atomic mass is 10.1. The number of nitrogens with one attached hydrogen (secondary N) is 1. The van der Waals surface area contributed by atoms with Gasteiger partial charge in [0.2, 0.25) is 0 Å². The van der Waals surface area contributed by atoms with E-state index in [1.54, 1.807) is 37.3 Å². The maximum atomic E-state index is 13.1. The third-order valence-corrected chi connectivity index (χ3v) is 2.91. The number of rotatable bonds is 5. The van der Waals surface area contributed by atoms with Crippen LogP contribution in [0.25, 0.3) is 0 Å². The summed E-state index contributed by atoms with van der Waals surface area (Å²) in [5.74, 6) is -0.733. The van der Waals surface area contributed by atoms with Crippen molar-refractivity contribution in [2.24, 2.45) is 0 Å². The van der Waals surface area contributed by atoms with Crippen molar-refractivity contribution in [1.29, 1.82) is 0 Å². The minimum absolute atomic E-state index is 0.289. The summed E-state index contributed by atoms with van der Waals surface area (Å²) in [5, 5.41) is 3.10. The molecule has 0 heterocycles. The molecular formula is C16H17FN2O2. The normalized spacial score (nSPS) is 10.2. The molecule has 2 aromatic carbocycles. The number of carbonyl (C=O) groups excluding carboxylic acids is 1. The molecule has 4 nitrogen and oxygen atoms in total. The van der Waals surface area contributed by atoms with E-state index in [0.29, 0.717) is 23.5 Å². The Kier molecular flexibility index (Phi) is 4.77. The second-order valence-electron chi connectivity index (χ2n) is 4.51. The topological polar surface area (TPSA) is 64.3 Å². The van der Waals surface area contributed by atoms with E-state index in [4.69, 9.17) is 10.5 Å². The molecule has 0 amide bonds. The fourth-order valence-corrected chi connectivity index (χ4v) is 1.94. The van der Waals surface area contributed by atoms with Crippen molar-refractivity contribution in [2.45, 2.75) is 13.5 Å². The van der Waals surface area contributed by atoms with Gasteiger partial charge in [-0.2, -0.15) is 0 Å². The third-order valence-electron chi connectivity index (χ3n) is 2.91. The van der Waals surface area contributed by atoms with Crippen LogP contribution in [0.5, 0.6) is 0 Å². The molecule has 0 radical (unpaired) electrons. The molecular weight excluding hydrogens is 271 g/mol. The van der Waals surface area contributed by atoms with Crippen LogP contribution in [0.15, 0.2) is 42.5 Å². The Morgan fingerprint density at radius 3 is 2.81 bits per heavy atom. The molecule has 0 fully saturated rings. The van der Waals surface area contributed by atoms with Gasteiger partial charge in [-0.15, -0.1) is 0 Å². The van der Waals surface area contributed by atoms with Gasteiger partial charge in [-0.05, 0) is 42.8 Å². The smallest absolute Gasteiger partial charge is 0.340 e. The van der Waals surface area contributed by atoms with E-state index >= 15 is 0 Å². The Bertz CT molecular complexity index is 644. The fraction of sp³-hybridized carbons (Fsp3) is 0.188. The minimum Gasteiger partial charge on any atom is -0.462 e. The van der Waals surface area contributed by atoms with Crippen LogP contribution < -0.4 is 11.1 Å². The van der Waals surface area contributed by atoms with Gasteiger partial charge in [-0.25, -0.2) is 9.18 Å². The Hall–Kier alpha value is -2.56. The Morgan fingerprint density at radius 1 is 1.29 bits per heavy atom. The molecule has 3 N–H and O–H groups in total. The van der Waals surface area contributed by atoms with Crippen molar-refractivity contribution in [2.75, 3.05) is 17.7 Å². The summed E-state index contributed by atoms with van der Waals surface area (Å²) in [6.07, 6.45) is 0. The molecule has 0 aliphatic carbocycles. The van der Waals surface area contributed by atoms with E-state index in [0.717, 1.165) is 5.56 Å². The van der Waals surface area contributed by atoms with Crippen LogP contribution in [-0.2, 0) is 11.3 Å². The molecule has 110 valence electrons. The van der Waals surface area contributed by atoms with E-state index in [-0.39, 0.29) is 12.4 Å². The summed E-state index contributed by atoms with van der Waals surface area (Å²) in [4.78, 5) is 11.9. The van der Waals surface area contributed by atoms with Crippen LogP contribution in [0, 0.1) is 5.82 Å². The summed E-state index contributed by atoms with van der Waals surface area (Å²) in [6, 6.07) is 11.2.